The summed E-state index contributed by atoms with van der Waals surface area (Å²) in [4.78, 5) is 7.62. The van der Waals surface area contributed by atoms with E-state index in [0.29, 0.717) is 5.92 Å². The van der Waals surface area contributed by atoms with Gasteiger partial charge in [0.25, 0.3) is 0 Å². The Kier molecular flexibility index (Phi) is 4.91. The molecule has 0 amide bonds. The number of hydrogen-bond donors (Lipinski definition) is 3. The van der Waals surface area contributed by atoms with Gasteiger partial charge in [-0.1, -0.05) is 0 Å². The zero-order valence-corrected chi connectivity index (χ0v) is 11.4. The van der Waals surface area contributed by atoms with E-state index >= 15 is 0 Å². The van der Waals surface area contributed by atoms with E-state index in [1.807, 2.05) is 11.8 Å². The van der Waals surface area contributed by atoms with Gasteiger partial charge in [0.2, 0.25) is 5.28 Å². The van der Waals surface area contributed by atoms with Crippen LogP contribution in [0, 0.1) is 5.92 Å². The fraction of sp³-hybridized carbons (Fsp3) is 0.636. The standard InChI is InChI=1S/C11H16ClN3O2S/c12-11-13-5-9(17)10(15-11)14-8(6-16)7-1-3-18-4-2-7/h5,7-8,16-17H,1-4,6H2,(H,13,14,15). The number of halogens is 1. The lowest BCUT2D eigenvalue weighted by Gasteiger charge is -2.29. The van der Waals surface area contributed by atoms with Crippen LogP contribution in [0.1, 0.15) is 12.8 Å². The zero-order valence-electron chi connectivity index (χ0n) is 9.84. The molecule has 0 bridgehead atoms. The van der Waals surface area contributed by atoms with E-state index in [0.717, 1.165) is 24.3 Å². The highest BCUT2D eigenvalue weighted by Crippen LogP contribution is 2.29. The minimum absolute atomic E-state index is 0.0103. The van der Waals surface area contributed by atoms with Crippen molar-refractivity contribution in [2.75, 3.05) is 23.4 Å². The average Bonchev–Trinajstić information content (AvgIpc) is 2.41. The van der Waals surface area contributed by atoms with Crippen LogP contribution in [0.4, 0.5) is 5.82 Å². The third-order valence-corrected chi connectivity index (χ3v) is 4.32. The molecule has 0 aliphatic carbocycles. The van der Waals surface area contributed by atoms with Crippen LogP contribution in [-0.4, -0.2) is 44.3 Å². The van der Waals surface area contributed by atoms with E-state index in [2.05, 4.69) is 15.3 Å². The van der Waals surface area contributed by atoms with Gasteiger partial charge >= 0.3 is 0 Å². The van der Waals surface area contributed by atoms with Gasteiger partial charge in [0.15, 0.2) is 11.6 Å². The van der Waals surface area contributed by atoms with Crippen molar-refractivity contribution < 1.29 is 10.2 Å². The number of thioether (sulfide) groups is 1. The van der Waals surface area contributed by atoms with Crippen LogP contribution in [0.15, 0.2) is 6.20 Å². The highest BCUT2D eigenvalue weighted by molar-refractivity contribution is 7.99. The summed E-state index contributed by atoms with van der Waals surface area (Å²) in [5.41, 5.74) is 0. The Morgan fingerprint density at radius 1 is 1.50 bits per heavy atom. The lowest BCUT2D eigenvalue weighted by molar-refractivity contribution is 0.230. The van der Waals surface area contributed by atoms with Gasteiger partial charge in [0.1, 0.15) is 0 Å². The Morgan fingerprint density at radius 2 is 2.22 bits per heavy atom. The number of aromatic nitrogens is 2. The molecule has 2 heterocycles. The van der Waals surface area contributed by atoms with Gasteiger partial charge < -0.3 is 15.5 Å². The van der Waals surface area contributed by atoms with Crippen LogP contribution in [0.3, 0.4) is 0 Å². The first-order valence-electron chi connectivity index (χ1n) is 5.87. The summed E-state index contributed by atoms with van der Waals surface area (Å²) in [7, 11) is 0. The smallest absolute Gasteiger partial charge is 0.224 e. The number of aromatic hydroxyl groups is 1. The monoisotopic (exact) mass is 289 g/mol. The van der Waals surface area contributed by atoms with Crippen molar-refractivity contribution in [3.63, 3.8) is 0 Å². The molecule has 0 aromatic carbocycles. The number of aliphatic hydroxyl groups is 1. The maximum atomic E-state index is 9.65. The molecule has 18 heavy (non-hydrogen) atoms. The molecule has 1 aliphatic rings. The third kappa shape index (κ3) is 3.40. The number of nitrogens with one attached hydrogen (secondary N) is 1. The lowest BCUT2D eigenvalue weighted by Crippen LogP contribution is -2.35. The second-order valence-corrected chi connectivity index (χ2v) is 5.82. The van der Waals surface area contributed by atoms with Crippen LogP contribution >= 0.6 is 23.4 Å². The van der Waals surface area contributed by atoms with Gasteiger partial charge in [-0.2, -0.15) is 16.7 Å². The maximum absolute atomic E-state index is 9.65. The van der Waals surface area contributed by atoms with Crippen LogP contribution in [0.25, 0.3) is 0 Å². The molecule has 2 rings (SSSR count). The van der Waals surface area contributed by atoms with Crippen molar-refractivity contribution >= 4 is 29.2 Å². The van der Waals surface area contributed by atoms with E-state index in [9.17, 15) is 10.2 Å². The first-order valence-corrected chi connectivity index (χ1v) is 7.40. The van der Waals surface area contributed by atoms with Crippen molar-refractivity contribution in [2.45, 2.75) is 18.9 Å². The fourth-order valence-corrected chi connectivity index (χ4v) is 3.34. The Bertz CT molecular complexity index is 402. The molecular weight excluding hydrogens is 274 g/mol. The van der Waals surface area contributed by atoms with Gasteiger partial charge in [-0.3, -0.25) is 0 Å². The summed E-state index contributed by atoms with van der Waals surface area (Å²) in [5.74, 6) is 2.85. The van der Waals surface area contributed by atoms with Gasteiger partial charge in [-0.15, -0.1) is 0 Å². The number of rotatable bonds is 4. The molecule has 1 unspecified atom stereocenters. The Balaban J connectivity index is 2.06. The SMILES string of the molecule is OCC(Nc1nc(Cl)ncc1O)C1CCSCC1. The topological polar surface area (TPSA) is 78.3 Å². The molecule has 0 spiro atoms. The Hall–Kier alpha value is -0.720. The van der Waals surface area contributed by atoms with E-state index in [-0.39, 0.29) is 29.5 Å². The van der Waals surface area contributed by atoms with Crippen molar-refractivity contribution in [1.29, 1.82) is 0 Å². The maximum Gasteiger partial charge on any atom is 0.224 e. The van der Waals surface area contributed by atoms with Crippen LogP contribution in [-0.2, 0) is 0 Å². The summed E-state index contributed by atoms with van der Waals surface area (Å²) in [5, 5.41) is 22.3. The molecule has 0 saturated carbocycles. The van der Waals surface area contributed by atoms with Crippen LogP contribution in [0.5, 0.6) is 5.75 Å². The third-order valence-electron chi connectivity index (χ3n) is 3.09. The van der Waals surface area contributed by atoms with Gasteiger partial charge in [0, 0.05) is 0 Å². The Labute approximate surface area is 115 Å². The molecule has 3 N–H and O–H groups in total. The molecule has 0 radical (unpaired) electrons. The summed E-state index contributed by atoms with van der Waals surface area (Å²) in [6.45, 7) is 0.0103. The van der Waals surface area contributed by atoms with Crippen LogP contribution < -0.4 is 5.32 Å². The van der Waals surface area contributed by atoms with E-state index in [1.54, 1.807) is 0 Å². The second-order valence-electron chi connectivity index (χ2n) is 4.26. The molecule has 1 aromatic heterocycles. The number of anilines is 1. The number of aliphatic hydroxyl groups excluding tert-OH is 1. The molecule has 1 aliphatic heterocycles. The van der Waals surface area contributed by atoms with E-state index in [1.165, 1.54) is 6.20 Å². The normalized spacial score (nSPS) is 18.6. The first kappa shape index (κ1) is 13.7. The highest BCUT2D eigenvalue weighted by atomic mass is 35.5. The minimum Gasteiger partial charge on any atom is -0.503 e. The predicted molar refractivity (Wildman–Crippen MR) is 73.3 cm³/mol. The molecule has 5 nitrogen and oxygen atoms in total. The van der Waals surface area contributed by atoms with E-state index in [4.69, 9.17) is 11.6 Å². The van der Waals surface area contributed by atoms with Crippen molar-refractivity contribution in [3.8, 4) is 5.75 Å². The lowest BCUT2D eigenvalue weighted by atomic mass is 9.94. The largest absolute Gasteiger partial charge is 0.503 e. The quantitative estimate of drug-likeness (QED) is 0.733. The van der Waals surface area contributed by atoms with Crippen molar-refractivity contribution in [2.24, 2.45) is 5.92 Å². The average molecular weight is 290 g/mol. The van der Waals surface area contributed by atoms with Gasteiger partial charge in [-0.05, 0) is 41.9 Å². The first-order chi connectivity index (χ1) is 8.70. The molecule has 100 valence electrons. The molecule has 1 aromatic rings. The number of hydrogen-bond acceptors (Lipinski definition) is 6. The van der Waals surface area contributed by atoms with Crippen molar-refractivity contribution in [3.05, 3.63) is 11.5 Å². The second kappa shape index (κ2) is 6.45. The number of nitrogens with zero attached hydrogens (tertiary/aromatic N) is 2. The molecule has 7 heteroatoms. The molecule has 1 saturated heterocycles. The van der Waals surface area contributed by atoms with E-state index < -0.39 is 0 Å². The zero-order chi connectivity index (χ0) is 13.0. The molecular formula is C11H16ClN3O2S. The Morgan fingerprint density at radius 3 is 2.89 bits per heavy atom. The summed E-state index contributed by atoms with van der Waals surface area (Å²) in [6.07, 6.45) is 3.37. The van der Waals surface area contributed by atoms with Crippen molar-refractivity contribution in [1.82, 2.24) is 9.97 Å². The van der Waals surface area contributed by atoms with Gasteiger partial charge in [0.05, 0.1) is 18.8 Å². The summed E-state index contributed by atoms with van der Waals surface area (Å²) >= 11 is 7.62. The highest BCUT2D eigenvalue weighted by Gasteiger charge is 2.24. The fourth-order valence-electron chi connectivity index (χ4n) is 2.07. The summed E-state index contributed by atoms with van der Waals surface area (Å²) < 4.78 is 0. The van der Waals surface area contributed by atoms with Crippen LogP contribution in [0.2, 0.25) is 5.28 Å². The minimum atomic E-state index is -0.109. The molecule has 1 atom stereocenters. The van der Waals surface area contributed by atoms with Gasteiger partial charge in [-0.25, -0.2) is 4.98 Å². The molecule has 1 fully saturated rings. The predicted octanol–water partition coefficient (Wildman–Crippen LogP) is 1.75. The summed E-state index contributed by atoms with van der Waals surface area (Å²) in [6, 6.07) is -0.109.